The van der Waals surface area contributed by atoms with Crippen molar-refractivity contribution in [1.29, 1.82) is 0 Å². The fourth-order valence-electron chi connectivity index (χ4n) is 3.02. The summed E-state index contributed by atoms with van der Waals surface area (Å²) >= 11 is 0. The summed E-state index contributed by atoms with van der Waals surface area (Å²) < 4.78 is 5.27. The normalized spacial score (nSPS) is 16.7. The molecule has 0 bridgehead atoms. The van der Waals surface area contributed by atoms with Crippen molar-refractivity contribution in [3.8, 4) is 0 Å². The van der Waals surface area contributed by atoms with Gasteiger partial charge in [0.1, 0.15) is 0 Å². The third-order valence-corrected chi connectivity index (χ3v) is 4.55. The maximum absolute atomic E-state index is 12.0. The van der Waals surface area contributed by atoms with Gasteiger partial charge in [-0.2, -0.15) is 0 Å². The average Bonchev–Trinajstić information content (AvgIpc) is 2.55. The van der Waals surface area contributed by atoms with Gasteiger partial charge in [-0.05, 0) is 43.2 Å². The minimum atomic E-state index is -0.837. The summed E-state index contributed by atoms with van der Waals surface area (Å²) in [6.07, 6.45) is 2.55. The largest absolute Gasteiger partial charge is 0.481 e. The number of hydrogen-bond donors (Lipinski definition) is 2. The molecule has 126 valence electrons. The summed E-state index contributed by atoms with van der Waals surface area (Å²) in [6.45, 7) is 3.44. The molecule has 1 aromatic rings. The number of carbonyl (C=O) groups excluding carboxylic acids is 1. The number of ether oxygens (including phenoxy) is 1. The zero-order chi connectivity index (χ0) is 16.7. The maximum Gasteiger partial charge on any atom is 0.308 e. The van der Waals surface area contributed by atoms with Gasteiger partial charge >= 0.3 is 5.97 Å². The van der Waals surface area contributed by atoms with Crippen molar-refractivity contribution in [2.45, 2.75) is 32.6 Å². The predicted octanol–water partition coefficient (Wildman–Crippen LogP) is 2.17. The van der Waals surface area contributed by atoms with E-state index in [1.165, 1.54) is 5.56 Å². The van der Waals surface area contributed by atoms with Gasteiger partial charge in [0.2, 0.25) is 5.91 Å². The molecule has 0 aliphatic carbocycles. The van der Waals surface area contributed by atoms with E-state index < -0.39 is 11.9 Å². The summed E-state index contributed by atoms with van der Waals surface area (Å²) in [7, 11) is 0. The quantitative estimate of drug-likeness (QED) is 0.807. The highest BCUT2D eigenvalue weighted by atomic mass is 16.5. The second-order valence-electron chi connectivity index (χ2n) is 6.13. The molecule has 2 N–H and O–H groups in total. The molecule has 23 heavy (non-hydrogen) atoms. The zero-order valence-electron chi connectivity index (χ0n) is 13.6. The van der Waals surface area contributed by atoms with Crippen molar-refractivity contribution in [2.75, 3.05) is 19.8 Å². The molecule has 0 aromatic heterocycles. The third-order valence-electron chi connectivity index (χ3n) is 4.55. The minimum Gasteiger partial charge on any atom is -0.481 e. The molecule has 0 radical (unpaired) electrons. The van der Waals surface area contributed by atoms with Crippen LogP contribution in [0.4, 0.5) is 0 Å². The van der Waals surface area contributed by atoms with Gasteiger partial charge < -0.3 is 15.2 Å². The molecule has 0 saturated carbocycles. The van der Waals surface area contributed by atoms with E-state index in [0.29, 0.717) is 26.1 Å². The Labute approximate surface area is 137 Å². The Morgan fingerprint density at radius 3 is 2.65 bits per heavy atom. The smallest absolute Gasteiger partial charge is 0.308 e. The van der Waals surface area contributed by atoms with Gasteiger partial charge in [-0.25, -0.2) is 0 Å². The Morgan fingerprint density at radius 1 is 1.30 bits per heavy atom. The number of carboxylic acid groups (broad SMARTS) is 1. The number of carbonyl (C=O) groups is 2. The number of aliphatic carboxylic acids is 1. The van der Waals surface area contributed by atoms with Crippen LogP contribution in [0.1, 0.15) is 30.4 Å². The Kier molecular flexibility index (Phi) is 6.59. The van der Waals surface area contributed by atoms with E-state index in [9.17, 15) is 14.7 Å². The first-order chi connectivity index (χ1) is 11.1. The van der Waals surface area contributed by atoms with Crippen LogP contribution >= 0.6 is 0 Å². The molecule has 1 amide bonds. The fraction of sp³-hybridized carbons (Fsp3) is 0.556. The molecule has 1 unspecified atom stereocenters. The first-order valence-electron chi connectivity index (χ1n) is 8.19. The Bertz CT molecular complexity index is 538. The van der Waals surface area contributed by atoms with Crippen LogP contribution < -0.4 is 5.32 Å². The van der Waals surface area contributed by atoms with E-state index in [2.05, 4.69) is 5.32 Å². The molecule has 1 fully saturated rings. The molecule has 5 nitrogen and oxygen atoms in total. The van der Waals surface area contributed by atoms with E-state index in [1.807, 2.05) is 31.2 Å². The van der Waals surface area contributed by atoms with Gasteiger partial charge in [-0.1, -0.05) is 24.3 Å². The van der Waals surface area contributed by atoms with Crippen molar-refractivity contribution in [1.82, 2.24) is 5.32 Å². The van der Waals surface area contributed by atoms with E-state index in [1.54, 1.807) is 0 Å². The lowest BCUT2D eigenvalue weighted by atomic mass is 9.86. The summed E-state index contributed by atoms with van der Waals surface area (Å²) in [5.74, 6) is -1.37. The van der Waals surface area contributed by atoms with Crippen molar-refractivity contribution >= 4 is 11.9 Å². The van der Waals surface area contributed by atoms with Gasteiger partial charge in [-0.3, -0.25) is 9.59 Å². The van der Waals surface area contributed by atoms with Crippen molar-refractivity contribution in [3.05, 3.63) is 35.4 Å². The van der Waals surface area contributed by atoms with Crippen LogP contribution in [0.2, 0.25) is 0 Å². The molecule has 1 heterocycles. The summed E-state index contributed by atoms with van der Waals surface area (Å²) in [6, 6.07) is 7.99. The van der Waals surface area contributed by atoms with Crippen molar-refractivity contribution < 1.29 is 19.4 Å². The second kappa shape index (κ2) is 8.67. The van der Waals surface area contributed by atoms with Gasteiger partial charge in [-0.15, -0.1) is 0 Å². The molecule has 1 aliphatic heterocycles. The number of carboxylic acids is 1. The van der Waals surface area contributed by atoms with E-state index in [0.717, 1.165) is 18.4 Å². The van der Waals surface area contributed by atoms with Gasteiger partial charge in [0.15, 0.2) is 0 Å². The molecular weight excluding hydrogens is 294 g/mol. The average molecular weight is 319 g/mol. The van der Waals surface area contributed by atoms with Crippen LogP contribution in [0.5, 0.6) is 0 Å². The van der Waals surface area contributed by atoms with Crippen LogP contribution in [-0.4, -0.2) is 36.7 Å². The van der Waals surface area contributed by atoms with Gasteiger partial charge in [0.05, 0.1) is 5.92 Å². The van der Waals surface area contributed by atoms with Crippen LogP contribution in [0.3, 0.4) is 0 Å². The highest BCUT2D eigenvalue weighted by Crippen LogP contribution is 2.23. The lowest BCUT2D eigenvalue weighted by Gasteiger charge is -2.27. The molecule has 2 rings (SSSR count). The molecule has 1 aliphatic rings. The lowest BCUT2D eigenvalue weighted by molar-refractivity contribution is -0.144. The number of hydrogen-bond acceptors (Lipinski definition) is 3. The topological polar surface area (TPSA) is 75.6 Å². The number of rotatable bonds is 7. The van der Waals surface area contributed by atoms with Gasteiger partial charge in [0, 0.05) is 26.2 Å². The highest BCUT2D eigenvalue weighted by molar-refractivity contribution is 5.77. The van der Waals surface area contributed by atoms with Crippen LogP contribution in [0, 0.1) is 18.8 Å². The summed E-state index contributed by atoms with van der Waals surface area (Å²) in [5, 5.41) is 12.2. The van der Waals surface area contributed by atoms with E-state index >= 15 is 0 Å². The van der Waals surface area contributed by atoms with Crippen molar-refractivity contribution in [2.24, 2.45) is 11.8 Å². The van der Waals surface area contributed by atoms with Crippen LogP contribution in [-0.2, 0) is 20.7 Å². The lowest BCUT2D eigenvalue weighted by Crippen LogP contribution is -2.39. The first kappa shape index (κ1) is 17.5. The number of nitrogens with one attached hydrogen (secondary N) is 1. The summed E-state index contributed by atoms with van der Waals surface area (Å²) in [5.41, 5.74) is 2.33. The number of amides is 1. The summed E-state index contributed by atoms with van der Waals surface area (Å²) in [4.78, 5) is 23.5. The Morgan fingerprint density at radius 2 is 2.00 bits per heavy atom. The monoisotopic (exact) mass is 319 g/mol. The van der Waals surface area contributed by atoms with Crippen LogP contribution in [0.25, 0.3) is 0 Å². The first-order valence-corrected chi connectivity index (χ1v) is 8.19. The third kappa shape index (κ3) is 5.36. The molecule has 1 aromatic carbocycles. The zero-order valence-corrected chi connectivity index (χ0v) is 13.6. The standard InChI is InChI=1S/C18H25NO4/c1-13-4-2-3-5-14(13)6-7-17(20)19-12-16(18(21)22)15-8-10-23-11-9-15/h2-5,15-16H,6-12H2,1H3,(H,19,20)(H,21,22). The maximum atomic E-state index is 12.0. The van der Waals surface area contributed by atoms with Crippen molar-refractivity contribution in [3.63, 3.8) is 0 Å². The molecule has 1 saturated heterocycles. The molecule has 5 heteroatoms. The Hall–Kier alpha value is -1.88. The SMILES string of the molecule is Cc1ccccc1CCC(=O)NCC(C(=O)O)C1CCOCC1. The van der Waals surface area contributed by atoms with E-state index in [4.69, 9.17) is 4.74 Å². The Balaban J connectivity index is 1.79. The second-order valence-corrected chi connectivity index (χ2v) is 6.13. The fourth-order valence-corrected chi connectivity index (χ4v) is 3.02. The van der Waals surface area contributed by atoms with E-state index in [-0.39, 0.29) is 18.4 Å². The number of benzene rings is 1. The van der Waals surface area contributed by atoms with Gasteiger partial charge in [0.25, 0.3) is 0 Å². The number of aryl methyl sites for hydroxylation is 2. The molecular formula is C18H25NO4. The van der Waals surface area contributed by atoms with Crippen LogP contribution in [0.15, 0.2) is 24.3 Å². The molecule has 1 atom stereocenters. The highest BCUT2D eigenvalue weighted by Gasteiger charge is 2.29. The molecule has 0 spiro atoms. The minimum absolute atomic E-state index is 0.0814. The predicted molar refractivity (Wildman–Crippen MR) is 87.2 cm³/mol.